The van der Waals surface area contributed by atoms with E-state index >= 15 is 0 Å². The van der Waals surface area contributed by atoms with Gasteiger partial charge in [0.05, 0.1) is 0 Å². The third-order valence-electron chi connectivity index (χ3n) is 0.913. The van der Waals surface area contributed by atoms with E-state index in [1.807, 2.05) is 0 Å². The van der Waals surface area contributed by atoms with Gasteiger partial charge in [-0.25, -0.2) is 0 Å². The fourth-order valence-corrected chi connectivity index (χ4v) is 1.24. The van der Waals surface area contributed by atoms with Gasteiger partial charge < -0.3 is 12.4 Å². The van der Waals surface area contributed by atoms with Crippen molar-refractivity contribution in [2.75, 3.05) is 0 Å². The second-order valence-corrected chi connectivity index (χ2v) is 4.26. The zero-order chi connectivity index (χ0) is 5.98. The maximum atomic E-state index is 3.36. The van der Waals surface area contributed by atoms with E-state index in [0.717, 1.165) is 4.47 Å². The molecule has 1 aromatic rings. The van der Waals surface area contributed by atoms with E-state index in [-0.39, 0.29) is 12.4 Å². The molecule has 0 radical (unpaired) electrons. The third-order valence-corrected chi connectivity index (χ3v) is 2.43. The molecule has 1 rings (SSSR count). The van der Waals surface area contributed by atoms with Crippen molar-refractivity contribution in [1.82, 2.24) is 0 Å². The molecule has 0 nitrogen and oxygen atoms in total. The van der Waals surface area contributed by atoms with Gasteiger partial charge in [-0.1, -0.05) is 0 Å². The zero-order valence-corrected chi connectivity index (χ0v) is 10.1. The molecule has 0 aromatic heterocycles. The van der Waals surface area contributed by atoms with Crippen LogP contribution in [0.3, 0.4) is 0 Å². The SMILES string of the molecule is [Cl-].[Zn+][c]1ccc(Br)cc1. The van der Waals surface area contributed by atoms with E-state index in [1.165, 1.54) is 22.5 Å². The Morgan fingerprint density at radius 3 is 1.89 bits per heavy atom. The summed E-state index contributed by atoms with van der Waals surface area (Å²) in [4.78, 5) is 0. The van der Waals surface area contributed by atoms with Gasteiger partial charge in [-0.3, -0.25) is 0 Å². The summed E-state index contributed by atoms with van der Waals surface area (Å²) in [6.07, 6.45) is 0. The quantitative estimate of drug-likeness (QED) is 0.503. The fraction of sp³-hybridized carbons (Fsp3) is 0. The van der Waals surface area contributed by atoms with Crippen LogP contribution in [-0.2, 0) is 18.3 Å². The van der Waals surface area contributed by atoms with Crippen LogP contribution in [-0.4, -0.2) is 0 Å². The second-order valence-electron chi connectivity index (χ2n) is 1.63. The molecule has 0 N–H and O–H groups in total. The van der Waals surface area contributed by atoms with Crippen molar-refractivity contribution in [2.45, 2.75) is 0 Å². The molecule has 0 aliphatic carbocycles. The van der Waals surface area contributed by atoms with Gasteiger partial charge in [0, 0.05) is 0 Å². The van der Waals surface area contributed by atoms with Gasteiger partial charge >= 0.3 is 67.1 Å². The van der Waals surface area contributed by atoms with Gasteiger partial charge in [0.2, 0.25) is 0 Å². The Morgan fingerprint density at radius 2 is 1.56 bits per heavy atom. The molecule has 0 fully saturated rings. The minimum atomic E-state index is 0. The van der Waals surface area contributed by atoms with E-state index in [9.17, 15) is 0 Å². The van der Waals surface area contributed by atoms with Crippen molar-refractivity contribution >= 4 is 20.1 Å². The maximum absolute atomic E-state index is 3.36. The normalized spacial score (nSPS) is 8.33. The number of halogens is 2. The fourth-order valence-electron chi connectivity index (χ4n) is 0.484. The van der Waals surface area contributed by atoms with Crippen LogP contribution in [0.1, 0.15) is 0 Å². The Labute approximate surface area is 79.3 Å². The summed E-state index contributed by atoms with van der Waals surface area (Å²) in [5, 5.41) is 0. The molecule has 0 atom stereocenters. The Balaban J connectivity index is 0.000000640. The first-order chi connectivity index (χ1) is 3.79. The van der Waals surface area contributed by atoms with Crippen molar-refractivity contribution in [2.24, 2.45) is 0 Å². The molecule has 0 bridgehead atoms. The molecule has 0 saturated heterocycles. The van der Waals surface area contributed by atoms with Crippen molar-refractivity contribution in [3.8, 4) is 0 Å². The van der Waals surface area contributed by atoms with Gasteiger partial charge in [-0.05, 0) is 0 Å². The summed E-state index contributed by atoms with van der Waals surface area (Å²) >= 11 is 4.60. The molecule has 0 amide bonds. The summed E-state index contributed by atoms with van der Waals surface area (Å²) in [6.45, 7) is 0. The Bertz CT molecular complexity index is 152. The molecule has 0 heterocycles. The second kappa shape index (κ2) is 4.43. The summed E-state index contributed by atoms with van der Waals surface area (Å²) in [6, 6.07) is 8.39. The first kappa shape index (κ1) is 9.61. The summed E-state index contributed by atoms with van der Waals surface area (Å²) < 4.78 is 2.59. The summed E-state index contributed by atoms with van der Waals surface area (Å²) in [5.74, 6) is 0. The van der Waals surface area contributed by atoms with Crippen LogP contribution < -0.4 is 16.6 Å². The van der Waals surface area contributed by atoms with Gasteiger partial charge in [-0.2, -0.15) is 0 Å². The van der Waals surface area contributed by atoms with Crippen LogP contribution in [0.4, 0.5) is 0 Å². The van der Waals surface area contributed by atoms with E-state index in [1.54, 1.807) is 0 Å². The first-order valence-corrected chi connectivity index (χ1v) is 4.64. The van der Waals surface area contributed by atoms with Crippen molar-refractivity contribution in [1.29, 1.82) is 0 Å². The molecule has 0 aliphatic heterocycles. The molecule has 9 heavy (non-hydrogen) atoms. The van der Waals surface area contributed by atoms with Crippen LogP contribution in [0.15, 0.2) is 28.7 Å². The van der Waals surface area contributed by atoms with E-state index in [4.69, 9.17) is 0 Å². The Morgan fingerprint density at radius 1 is 1.11 bits per heavy atom. The third kappa shape index (κ3) is 3.34. The van der Waals surface area contributed by atoms with Crippen LogP contribution in [0, 0.1) is 0 Å². The molecular formula is C6H4BrClZn. The van der Waals surface area contributed by atoms with Crippen molar-refractivity contribution < 1.29 is 30.7 Å². The molecule has 0 spiro atoms. The number of hydrogen-bond donors (Lipinski definition) is 0. The van der Waals surface area contributed by atoms with Crippen LogP contribution in [0.5, 0.6) is 0 Å². The van der Waals surface area contributed by atoms with Gasteiger partial charge in [0.25, 0.3) is 0 Å². The topological polar surface area (TPSA) is 0 Å². The molecule has 1 aromatic carbocycles. The number of rotatable bonds is 0. The van der Waals surface area contributed by atoms with Gasteiger partial charge in [0.15, 0.2) is 0 Å². The molecular weight excluding hydrogens is 253 g/mol. The van der Waals surface area contributed by atoms with Gasteiger partial charge in [-0.15, -0.1) is 0 Å². The average Bonchev–Trinajstić information content (AvgIpc) is 1.77. The van der Waals surface area contributed by atoms with E-state index in [0.29, 0.717) is 0 Å². The first-order valence-electron chi connectivity index (χ1n) is 2.36. The van der Waals surface area contributed by atoms with E-state index < -0.39 is 0 Å². The van der Waals surface area contributed by atoms with Crippen LogP contribution >= 0.6 is 15.9 Å². The van der Waals surface area contributed by atoms with Crippen molar-refractivity contribution in [3.63, 3.8) is 0 Å². The monoisotopic (exact) mass is 254 g/mol. The number of hydrogen-bond acceptors (Lipinski definition) is 0. The van der Waals surface area contributed by atoms with Crippen LogP contribution in [0.25, 0.3) is 0 Å². The Kier molecular flexibility index (Phi) is 4.73. The Hall–Kier alpha value is 0.613. The van der Waals surface area contributed by atoms with Crippen LogP contribution in [0.2, 0.25) is 0 Å². The number of benzene rings is 1. The predicted molar refractivity (Wildman–Crippen MR) is 33.8 cm³/mol. The van der Waals surface area contributed by atoms with Gasteiger partial charge in [0.1, 0.15) is 0 Å². The predicted octanol–water partition coefficient (Wildman–Crippen LogP) is -1.37. The summed E-state index contributed by atoms with van der Waals surface area (Å²) in [5.41, 5.74) is 0. The molecule has 0 aliphatic rings. The zero-order valence-electron chi connectivity index (χ0n) is 4.77. The van der Waals surface area contributed by atoms with Crippen molar-refractivity contribution in [3.05, 3.63) is 28.7 Å². The molecule has 44 valence electrons. The molecule has 0 unspecified atom stereocenters. The minimum absolute atomic E-state index is 0. The average molecular weight is 257 g/mol. The van der Waals surface area contributed by atoms with E-state index in [2.05, 4.69) is 40.2 Å². The standard InChI is InChI=1S/C6H4Br.ClH.Zn/c7-6-4-2-1-3-5-6;;/h2-5H;1H;/q;;+1/p-1. The summed E-state index contributed by atoms with van der Waals surface area (Å²) in [7, 11) is 0. The molecule has 0 saturated carbocycles. The molecule has 3 heteroatoms.